The molecule has 0 N–H and O–H groups in total. The van der Waals surface area contributed by atoms with Gasteiger partial charge in [-0.2, -0.15) is 16.7 Å². The summed E-state index contributed by atoms with van der Waals surface area (Å²) < 4.78 is 5.17. The van der Waals surface area contributed by atoms with Gasteiger partial charge in [0.15, 0.2) is 5.78 Å². The SMILES string of the molecule is O=C1CSCC1c1nc(-c2ccccc2Cl)no1. The minimum atomic E-state index is -0.265. The highest BCUT2D eigenvalue weighted by Gasteiger charge is 2.31. The van der Waals surface area contributed by atoms with Gasteiger partial charge in [0.2, 0.25) is 11.7 Å². The molecule has 1 atom stereocenters. The highest BCUT2D eigenvalue weighted by atomic mass is 35.5. The van der Waals surface area contributed by atoms with E-state index >= 15 is 0 Å². The molecule has 18 heavy (non-hydrogen) atoms. The number of halogens is 1. The van der Waals surface area contributed by atoms with Gasteiger partial charge < -0.3 is 4.52 Å². The highest BCUT2D eigenvalue weighted by molar-refractivity contribution is 8.00. The Morgan fingerprint density at radius 2 is 2.22 bits per heavy atom. The lowest BCUT2D eigenvalue weighted by Crippen LogP contribution is -2.09. The molecule has 0 amide bonds. The van der Waals surface area contributed by atoms with Crippen LogP contribution in [0.15, 0.2) is 28.8 Å². The van der Waals surface area contributed by atoms with Crippen LogP contribution in [0.3, 0.4) is 0 Å². The van der Waals surface area contributed by atoms with Gasteiger partial charge in [-0.3, -0.25) is 4.79 Å². The number of Topliss-reactive ketones (excluding diaryl/α,β-unsaturated/α-hetero) is 1. The van der Waals surface area contributed by atoms with Crippen LogP contribution in [0.2, 0.25) is 5.02 Å². The number of rotatable bonds is 2. The first kappa shape index (κ1) is 11.7. The fraction of sp³-hybridized carbons (Fsp3) is 0.250. The zero-order valence-corrected chi connectivity index (χ0v) is 10.9. The Bertz CT molecular complexity index is 599. The standard InChI is InChI=1S/C12H9ClN2O2S/c13-9-4-2-1-3-7(9)11-14-12(17-15-11)8-5-18-6-10(8)16/h1-4,8H,5-6H2. The van der Waals surface area contributed by atoms with Gasteiger partial charge in [-0.05, 0) is 12.1 Å². The van der Waals surface area contributed by atoms with Crippen LogP contribution in [-0.4, -0.2) is 27.4 Å². The zero-order chi connectivity index (χ0) is 12.5. The molecule has 2 heterocycles. The van der Waals surface area contributed by atoms with Gasteiger partial charge in [-0.15, -0.1) is 0 Å². The largest absolute Gasteiger partial charge is 0.338 e. The minimum absolute atomic E-state index is 0.148. The van der Waals surface area contributed by atoms with E-state index in [2.05, 4.69) is 10.1 Å². The molecule has 1 aliphatic rings. The second-order valence-corrected chi connectivity index (χ2v) is 5.41. The monoisotopic (exact) mass is 280 g/mol. The van der Waals surface area contributed by atoms with Crippen LogP contribution in [0.4, 0.5) is 0 Å². The van der Waals surface area contributed by atoms with Crippen LogP contribution < -0.4 is 0 Å². The number of ketones is 1. The van der Waals surface area contributed by atoms with Crippen molar-refractivity contribution in [2.24, 2.45) is 0 Å². The Morgan fingerprint density at radius 3 is 2.94 bits per heavy atom. The number of hydrogen-bond donors (Lipinski definition) is 0. The molecule has 1 aliphatic heterocycles. The third kappa shape index (κ3) is 2.04. The number of thioether (sulfide) groups is 1. The molecule has 0 radical (unpaired) electrons. The van der Waals surface area contributed by atoms with E-state index in [0.29, 0.717) is 33.8 Å². The van der Waals surface area contributed by atoms with Gasteiger partial charge in [-0.25, -0.2) is 0 Å². The molecule has 1 saturated heterocycles. The lowest BCUT2D eigenvalue weighted by molar-refractivity contribution is -0.117. The summed E-state index contributed by atoms with van der Waals surface area (Å²) >= 11 is 7.65. The first-order valence-electron chi connectivity index (χ1n) is 5.44. The quantitative estimate of drug-likeness (QED) is 0.847. The van der Waals surface area contributed by atoms with Gasteiger partial charge >= 0.3 is 0 Å². The van der Waals surface area contributed by atoms with Gasteiger partial charge in [0.05, 0.1) is 10.8 Å². The summed E-state index contributed by atoms with van der Waals surface area (Å²) in [5.74, 6) is 1.94. The van der Waals surface area contributed by atoms with E-state index in [1.807, 2.05) is 18.2 Å². The molecule has 1 unspecified atom stereocenters. The first-order valence-corrected chi connectivity index (χ1v) is 6.98. The first-order chi connectivity index (χ1) is 8.75. The van der Waals surface area contributed by atoms with Crippen LogP contribution in [-0.2, 0) is 4.79 Å². The van der Waals surface area contributed by atoms with E-state index in [-0.39, 0.29) is 11.7 Å². The summed E-state index contributed by atoms with van der Waals surface area (Å²) in [6, 6.07) is 7.28. The van der Waals surface area contributed by atoms with Crippen molar-refractivity contribution in [2.75, 3.05) is 11.5 Å². The van der Waals surface area contributed by atoms with E-state index in [4.69, 9.17) is 16.1 Å². The maximum atomic E-state index is 11.6. The van der Waals surface area contributed by atoms with E-state index in [1.54, 1.807) is 17.8 Å². The Kier molecular flexibility index (Phi) is 3.09. The normalized spacial score (nSPS) is 19.4. The number of carbonyl (C=O) groups excluding carboxylic acids is 1. The average molecular weight is 281 g/mol. The van der Waals surface area contributed by atoms with Crippen LogP contribution in [0.5, 0.6) is 0 Å². The number of benzene rings is 1. The van der Waals surface area contributed by atoms with Crippen LogP contribution in [0.1, 0.15) is 11.8 Å². The van der Waals surface area contributed by atoms with Crippen molar-refractivity contribution < 1.29 is 9.32 Å². The number of hydrogen-bond acceptors (Lipinski definition) is 5. The van der Waals surface area contributed by atoms with E-state index < -0.39 is 0 Å². The number of nitrogens with zero attached hydrogens (tertiary/aromatic N) is 2. The van der Waals surface area contributed by atoms with E-state index in [9.17, 15) is 4.79 Å². The van der Waals surface area contributed by atoms with Crippen LogP contribution in [0.25, 0.3) is 11.4 Å². The second kappa shape index (κ2) is 4.74. The maximum Gasteiger partial charge on any atom is 0.238 e. The predicted molar refractivity (Wildman–Crippen MR) is 69.8 cm³/mol. The molecule has 0 spiro atoms. The Morgan fingerprint density at radius 1 is 1.39 bits per heavy atom. The molecule has 4 nitrogen and oxygen atoms in total. The van der Waals surface area contributed by atoms with Crippen molar-refractivity contribution in [3.8, 4) is 11.4 Å². The highest BCUT2D eigenvalue weighted by Crippen LogP contribution is 2.31. The van der Waals surface area contributed by atoms with Crippen molar-refractivity contribution in [1.82, 2.24) is 10.1 Å². The lowest BCUT2D eigenvalue weighted by atomic mass is 10.1. The molecule has 0 bridgehead atoms. The lowest BCUT2D eigenvalue weighted by Gasteiger charge is -1.98. The molecule has 1 aromatic heterocycles. The van der Waals surface area contributed by atoms with Crippen molar-refractivity contribution in [2.45, 2.75) is 5.92 Å². The van der Waals surface area contributed by atoms with Crippen LogP contribution in [0, 0.1) is 0 Å². The molecule has 6 heteroatoms. The van der Waals surface area contributed by atoms with Crippen molar-refractivity contribution in [3.63, 3.8) is 0 Å². The zero-order valence-electron chi connectivity index (χ0n) is 9.30. The molecule has 2 aromatic rings. The van der Waals surface area contributed by atoms with Gasteiger partial charge in [-0.1, -0.05) is 28.9 Å². The Labute approximate surface area is 113 Å². The summed E-state index contributed by atoms with van der Waals surface area (Å²) in [5.41, 5.74) is 0.715. The molecule has 92 valence electrons. The molecule has 0 saturated carbocycles. The third-order valence-electron chi connectivity index (χ3n) is 2.77. The minimum Gasteiger partial charge on any atom is -0.338 e. The van der Waals surface area contributed by atoms with Gasteiger partial charge in [0.1, 0.15) is 5.92 Å². The molecule has 0 aliphatic carbocycles. The third-order valence-corrected chi connectivity index (χ3v) is 4.16. The van der Waals surface area contributed by atoms with Gasteiger partial charge in [0, 0.05) is 11.3 Å². The predicted octanol–water partition coefficient (Wildman–Crippen LogP) is 2.79. The fourth-order valence-corrected chi connectivity index (χ4v) is 3.11. The van der Waals surface area contributed by atoms with Crippen molar-refractivity contribution in [1.29, 1.82) is 0 Å². The summed E-state index contributed by atoms with van der Waals surface area (Å²) in [4.78, 5) is 15.9. The Hall–Kier alpha value is -1.33. The molecular formula is C12H9ClN2O2S. The Balaban J connectivity index is 1.95. The maximum absolute atomic E-state index is 11.6. The smallest absolute Gasteiger partial charge is 0.238 e. The summed E-state index contributed by atoms with van der Waals surface area (Å²) in [5, 5.41) is 4.46. The number of aromatic nitrogens is 2. The topological polar surface area (TPSA) is 56.0 Å². The van der Waals surface area contributed by atoms with E-state index in [0.717, 1.165) is 0 Å². The summed E-state index contributed by atoms with van der Waals surface area (Å²) in [6.07, 6.45) is 0. The van der Waals surface area contributed by atoms with Gasteiger partial charge in [0.25, 0.3) is 0 Å². The van der Waals surface area contributed by atoms with Crippen LogP contribution >= 0.6 is 23.4 Å². The molecule has 3 rings (SSSR count). The van der Waals surface area contributed by atoms with Crippen molar-refractivity contribution >= 4 is 29.1 Å². The molecular weight excluding hydrogens is 272 g/mol. The molecule has 1 aromatic carbocycles. The summed E-state index contributed by atoms with van der Waals surface area (Å²) in [7, 11) is 0. The summed E-state index contributed by atoms with van der Waals surface area (Å²) in [6.45, 7) is 0. The average Bonchev–Trinajstić information content (AvgIpc) is 2.98. The molecule has 1 fully saturated rings. The number of carbonyl (C=O) groups is 1. The van der Waals surface area contributed by atoms with E-state index in [1.165, 1.54) is 0 Å². The van der Waals surface area contributed by atoms with Crippen molar-refractivity contribution in [3.05, 3.63) is 35.2 Å². The fourth-order valence-electron chi connectivity index (χ4n) is 1.81. The second-order valence-electron chi connectivity index (χ2n) is 3.97.